The molecule has 8 heterocycles. The van der Waals surface area contributed by atoms with Gasteiger partial charge in [0.05, 0.1) is 41.8 Å². The van der Waals surface area contributed by atoms with Crippen LogP contribution in [0.2, 0.25) is 0 Å². The number of aryl methyl sites for hydroxylation is 8. The van der Waals surface area contributed by atoms with Crippen LogP contribution >= 0.6 is 45.3 Å². The van der Waals surface area contributed by atoms with Gasteiger partial charge in [0.2, 0.25) is 0 Å². The van der Waals surface area contributed by atoms with Crippen molar-refractivity contribution in [1.29, 1.82) is 0 Å². The molecule has 0 bridgehead atoms. The molecule has 0 aliphatic rings. The minimum Gasteiger partial charge on any atom is -0.478 e. The molecular weight excluding hydrogens is 1390 g/mol. The predicted molar refractivity (Wildman–Crippen MR) is 422 cm³/mol. The summed E-state index contributed by atoms with van der Waals surface area (Å²) in [4.78, 5) is 86.3. The number of hydrogen-bond donors (Lipinski definition) is 8. The van der Waals surface area contributed by atoms with E-state index in [9.17, 15) is 19.2 Å². The van der Waals surface area contributed by atoms with Crippen LogP contribution in [0.4, 0.5) is 46.0 Å². The highest BCUT2D eigenvalue weighted by Gasteiger charge is 2.21. The average Bonchev–Trinajstić information content (AvgIpc) is 1.11. The maximum Gasteiger partial charge on any atom is 0.335 e. The van der Waals surface area contributed by atoms with Crippen molar-refractivity contribution in [3.05, 3.63) is 258 Å². The van der Waals surface area contributed by atoms with Crippen LogP contribution < -0.4 is 21.3 Å². The lowest BCUT2D eigenvalue weighted by Gasteiger charge is -2.16. The SMILES string of the molecule is C=CCc1c(C)nc(-c2cccs2)nc1Nc1ccc(C(=O)O)cc1C.C=CCc1c(CC)nc(-c2cccs2)nc1Nc1ccc(C(=O)O)cc1C.CCc1c(C)nc(-c2cccs2)nc1Nc1ccc(C(=O)O)cc1C.CCc1nc(-c2cccs2)nc(Nc2ccc(C(=O)O)cc2C)c1CC. The molecule has 0 fully saturated rings. The summed E-state index contributed by atoms with van der Waals surface area (Å²) in [5.74, 6) is 2.05. The van der Waals surface area contributed by atoms with Gasteiger partial charge in [0.15, 0.2) is 23.3 Å². The molecule has 104 heavy (non-hydrogen) atoms. The lowest BCUT2D eigenvalue weighted by molar-refractivity contribution is 0.0686. The van der Waals surface area contributed by atoms with E-state index in [4.69, 9.17) is 50.3 Å². The molecule has 12 aromatic rings. The monoisotopic (exact) mass is 1460 g/mol. The number of thiophene rings is 4. The van der Waals surface area contributed by atoms with Crippen molar-refractivity contribution in [3.8, 4) is 42.8 Å². The van der Waals surface area contributed by atoms with Crippen molar-refractivity contribution in [1.82, 2.24) is 39.9 Å². The minimum absolute atomic E-state index is 0.262. The van der Waals surface area contributed by atoms with Gasteiger partial charge in [-0.2, -0.15) is 0 Å². The van der Waals surface area contributed by atoms with E-state index in [0.29, 0.717) is 36.1 Å². The molecule has 0 aliphatic carbocycles. The number of aromatic carboxylic acids is 4. The van der Waals surface area contributed by atoms with E-state index in [2.05, 4.69) is 72.1 Å². The van der Waals surface area contributed by atoms with Gasteiger partial charge in [0.25, 0.3) is 0 Å². The third-order valence-corrected chi connectivity index (χ3v) is 20.0. The van der Waals surface area contributed by atoms with E-state index < -0.39 is 23.9 Å². The molecule has 0 unspecified atom stereocenters. The molecule has 20 nitrogen and oxygen atoms in total. The summed E-state index contributed by atoms with van der Waals surface area (Å²) < 4.78 is 0. The lowest BCUT2D eigenvalue weighted by Crippen LogP contribution is -2.08. The van der Waals surface area contributed by atoms with E-state index >= 15 is 0 Å². The first-order chi connectivity index (χ1) is 50.0. The van der Waals surface area contributed by atoms with Crippen LogP contribution in [0.1, 0.15) is 136 Å². The molecule has 24 heteroatoms. The normalized spacial score (nSPS) is 10.6. The van der Waals surface area contributed by atoms with Crippen molar-refractivity contribution >= 4 is 115 Å². The zero-order valence-electron chi connectivity index (χ0n) is 59.3. The zero-order valence-corrected chi connectivity index (χ0v) is 62.6. The average molecular weight is 1470 g/mol. The lowest BCUT2D eigenvalue weighted by atomic mass is 10.1. The van der Waals surface area contributed by atoms with Crippen molar-refractivity contribution in [2.75, 3.05) is 21.3 Å². The fraction of sp³-hybridized carbons (Fsp3) is 0.200. The van der Waals surface area contributed by atoms with Gasteiger partial charge in [-0.3, -0.25) is 0 Å². The van der Waals surface area contributed by atoms with Gasteiger partial charge in [-0.05, 0) is 221 Å². The van der Waals surface area contributed by atoms with E-state index in [1.165, 1.54) is 0 Å². The third-order valence-electron chi connectivity index (χ3n) is 16.6. The Labute approximate surface area is 620 Å². The fourth-order valence-electron chi connectivity index (χ4n) is 11.1. The summed E-state index contributed by atoms with van der Waals surface area (Å²) in [5, 5.41) is 58.0. The summed E-state index contributed by atoms with van der Waals surface area (Å²) in [6.45, 7) is 27.5. The maximum absolute atomic E-state index is 11.2. The largest absolute Gasteiger partial charge is 0.478 e. The van der Waals surface area contributed by atoms with Crippen LogP contribution in [0.15, 0.2) is 168 Å². The van der Waals surface area contributed by atoms with Gasteiger partial charge >= 0.3 is 23.9 Å². The number of nitrogens with one attached hydrogen (secondary N) is 4. The standard InChI is InChI=1S/C21H21N3O2S.C20H19N3O2S.C20H21N3O2S.C19H19N3O2S/c1-4-7-15-16(5-2)22-20(18-8-6-11-27-18)24-19(15)23-17-10-9-14(21(25)26)12-13(17)3;1-4-6-15-13(3)21-19(17-7-5-10-26-17)23-18(15)22-16-9-8-14(20(24)25)11-12(16)2;1-4-14-15(5-2)21-19(17-7-6-10-26-17)23-18(14)22-16-9-8-13(20(24)25)11-12(16)3;1-4-14-12(3)20-18(16-6-5-9-25-16)22-17(14)21-15-8-7-13(19(23)24)10-11(15)2/h4,6,8-12H,1,5,7H2,2-3H3,(H,25,26)(H,22,23,24);4-5,7-11H,1,6H2,2-3H3,(H,24,25)(H,21,22,23);6-11H,4-5H2,1-3H3,(H,24,25)(H,21,22,23);5-10H,4H2,1-3H3,(H,23,24)(H,20,21,22). The van der Waals surface area contributed by atoms with Gasteiger partial charge in [-0.1, -0.05) is 64.1 Å². The van der Waals surface area contributed by atoms with Crippen LogP contribution in [0.5, 0.6) is 0 Å². The Morgan fingerprint density at radius 3 is 0.894 bits per heavy atom. The zero-order chi connectivity index (χ0) is 74.7. The molecule has 0 amide bonds. The Kier molecular flexibility index (Phi) is 26.5. The molecule has 0 saturated carbocycles. The molecular formula is C80H80N12O8S4. The molecule has 0 atom stereocenters. The highest BCUT2D eigenvalue weighted by molar-refractivity contribution is 7.14. The highest BCUT2D eigenvalue weighted by atomic mass is 32.1. The number of hydrogen-bond acceptors (Lipinski definition) is 20. The number of carbonyl (C=O) groups is 4. The van der Waals surface area contributed by atoms with Crippen molar-refractivity contribution in [2.45, 2.75) is 108 Å². The molecule has 4 aromatic carbocycles. The number of carboxylic acids is 4. The quantitative estimate of drug-likeness (QED) is 0.0261. The van der Waals surface area contributed by atoms with Crippen molar-refractivity contribution in [2.24, 2.45) is 0 Å². The van der Waals surface area contributed by atoms with Crippen LogP contribution in [0.3, 0.4) is 0 Å². The van der Waals surface area contributed by atoms with E-state index in [1.807, 2.05) is 124 Å². The molecule has 8 aromatic heterocycles. The Bertz CT molecular complexity index is 5060. The van der Waals surface area contributed by atoms with Crippen molar-refractivity contribution < 1.29 is 39.6 Å². The fourth-order valence-corrected chi connectivity index (χ4v) is 13.7. The minimum atomic E-state index is -0.940. The molecule has 0 radical (unpaired) electrons. The van der Waals surface area contributed by atoms with Gasteiger partial charge in [0.1, 0.15) is 23.3 Å². The second-order valence-electron chi connectivity index (χ2n) is 23.7. The first kappa shape index (κ1) is 76.7. The van der Waals surface area contributed by atoms with Crippen LogP contribution in [0.25, 0.3) is 42.8 Å². The van der Waals surface area contributed by atoms with Crippen LogP contribution in [-0.4, -0.2) is 84.2 Å². The summed E-state index contributed by atoms with van der Waals surface area (Å²) in [6.07, 6.45) is 8.21. The van der Waals surface area contributed by atoms with E-state index in [1.54, 1.807) is 118 Å². The van der Waals surface area contributed by atoms with Crippen LogP contribution in [0, 0.1) is 41.5 Å². The first-order valence-electron chi connectivity index (χ1n) is 33.4. The number of benzene rings is 4. The predicted octanol–water partition coefficient (Wildman–Crippen LogP) is 20.1. The van der Waals surface area contributed by atoms with Gasteiger partial charge in [0, 0.05) is 67.8 Å². The highest BCUT2D eigenvalue weighted by Crippen LogP contribution is 2.35. The van der Waals surface area contributed by atoms with E-state index in [-0.39, 0.29) is 22.3 Å². The number of aromatic nitrogens is 8. The molecule has 0 spiro atoms. The summed E-state index contributed by atoms with van der Waals surface area (Å²) in [5.41, 5.74) is 15.8. The Morgan fingerprint density at radius 2 is 0.625 bits per heavy atom. The first-order valence-corrected chi connectivity index (χ1v) is 36.9. The van der Waals surface area contributed by atoms with Crippen molar-refractivity contribution in [3.63, 3.8) is 0 Å². The van der Waals surface area contributed by atoms with Gasteiger partial charge in [-0.25, -0.2) is 59.0 Å². The second kappa shape index (κ2) is 35.9. The van der Waals surface area contributed by atoms with Gasteiger partial charge < -0.3 is 41.7 Å². The summed E-state index contributed by atoms with van der Waals surface area (Å²) >= 11 is 6.41. The van der Waals surface area contributed by atoms with Gasteiger partial charge in [-0.15, -0.1) is 58.5 Å². The number of rotatable bonds is 24. The smallest absolute Gasteiger partial charge is 0.335 e. The molecule has 8 N–H and O–H groups in total. The summed E-state index contributed by atoms with van der Waals surface area (Å²) in [6, 6.07) is 36.0. The number of anilines is 8. The Morgan fingerprint density at radius 1 is 0.356 bits per heavy atom. The molecule has 532 valence electrons. The molecule has 0 aliphatic heterocycles. The number of allylic oxidation sites excluding steroid dienone is 2. The van der Waals surface area contributed by atoms with E-state index in [0.717, 1.165) is 159 Å². The number of nitrogens with zero attached hydrogens (tertiary/aromatic N) is 8. The molecule has 12 rings (SSSR count). The third kappa shape index (κ3) is 19.2. The summed E-state index contributed by atoms with van der Waals surface area (Å²) in [7, 11) is 0. The Balaban J connectivity index is 0.000000161. The maximum atomic E-state index is 11.2. The number of carboxylic acid groups (broad SMARTS) is 4. The second-order valence-corrected chi connectivity index (χ2v) is 27.5. The topological polar surface area (TPSA) is 300 Å². The Hall–Kier alpha value is -11.4. The van der Waals surface area contributed by atoms with Crippen LogP contribution in [-0.2, 0) is 38.5 Å². The molecule has 0 saturated heterocycles.